The summed E-state index contributed by atoms with van der Waals surface area (Å²) in [6.45, 7) is 4.15. The standard InChI is InChI=1S/C23H22ClN9O/c1-11-27-17(9-34-11)23(10-25)14-7-33(8-15(14)23)18-5-26-21-20(29-30-22(21)28-18)12-3-4-16-13(19(12)24)6-32(2)31-16/h3-6,9,14-15H,7-8,10,25H2,1-2H3,(H,28,29,30)/t14-,15+,23-. The van der Waals surface area contributed by atoms with Crippen LogP contribution in [0, 0.1) is 18.8 Å². The van der Waals surface area contributed by atoms with Crippen molar-refractivity contribution in [3.8, 4) is 11.3 Å². The van der Waals surface area contributed by atoms with Crippen LogP contribution in [0.5, 0.6) is 0 Å². The Morgan fingerprint density at radius 1 is 1.26 bits per heavy atom. The van der Waals surface area contributed by atoms with Gasteiger partial charge in [-0.05, 0) is 24.0 Å². The fraction of sp³-hybridized carbons (Fsp3) is 0.348. The molecular formula is C23H22ClN9O. The van der Waals surface area contributed by atoms with Gasteiger partial charge in [-0.1, -0.05) is 11.6 Å². The first-order valence-corrected chi connectivity index (χ1v) is 11.6. The second-order valence-electron chi connectivity index (χ2n) is 9.27. The van der Waals surface area contributed by atoms with Crippen LogP contribution < -0.4 is 10.6 Å². The van der Waals surface area contributed by atoms with Crippen LogP contribution >= 0.6 is 11.6 Å². The maximum absolute atomic E-state index is 6.71. The second kappa shape index (κ2) is 6.77. The molecule has 1 aromatic carbocycles. The Morgan fingerprint density at radius 3 is 2.82 bits per heavy atom. The number of nitrogens with zero attached hydrogens (tertiary/aromatic N) is 7. The zero-order valence-electron chi connectivity index (χ0n) is 18.7. The summed E-state index contributed by atoms with van der Waals surface area (Å²) in [6.07, 6.45) is 5.48. The van der Waals surface area contributed by atoms with Gasteiger partial charge in [0.1, 0.15) is 23.3 Å². The summed E-state index contributed by atoms with van der Waals surface area (Å²) in [4.78, 5) is 16.4. The number of aryl methyl sites for hydroxylation is 2. The average molecular weight is 476 g/mol. The van der Waals surface area contributed by atoms with Crippen LogP contribution in [-0.4, -0.2) is 54.6 Å². The largest absolute Gasteiger partial charge is 0.449 e. The number of H-pyrrole nitrogens is 1. The number of rotatable bonds is 4. The minimum atomic E-state index is -0.0887. The maximum atomic E-state index is 6.71. The van der Waals surface area contributed by atoms with E-state index in [1.54, 1.807) is 10.9 Å². The first-order valence-electron chi connectivity index (χ1n) is 11.2. The Bertz CT molecular complexity index is 1570. The van der Waals surface area contributed by atoms with Crippen LogP contribution in [0.4, 0.5) is 5.82 Å². The second-order valence-corrected chi connectivity index (χ2v) is 9.65. The molecule has 0 bridgehead atoms. The van der Waals surface area contributed by atoms with Gasteiger partial charge in [0.05, 0.1) is 22.4 Å². The molecule has 0 spiro atoms. The number of benzene rings is 1. The number of aromatic amines is 1. The molecular weight excluding hydrogens is 454 g/mol. The molecule has 5 aromatic rings. The third-order valence-electron chi connectivity index (χ3n) is 7.54. The lowest BCUT2D eigenvalue weighted by Crippen LogP contribution is -2.35. The molecule has 2 fully saturated rings. The highest BCUT2D eigenvalue weighted by Gasteiger charge is 2.69. The van der Waals surface area contributed by atoms with E-state index >= 15 is 0 Å². The van der Waals surface area contributed by atoms with Crippen LogP contribution in [0.25, 0.3) is 33.3 Å². The van der Waals surface area contributed by atoms with Crippen molar-refractivity contribution in [2.75, 3.05) is 24.5 Å². The van der Waals surface area contributed by atoms with Crippen molar-refractivity contribution in [3.05, 3.63) is 47.4 Å². The van der Waals surface area contributed by atoms with E-state index in [4.69, 9.17) is 31.7 Å². The predicted octanol–water partition coefficient (Wildman–Crippen LogP) is 2.82. The van der Waals surface area contributed by atoms with Crippen LogP contribution in [0.1, 0.15) is 11.6 Å². The van der Waals surface area contributed by atoms with Gasteiger partial charge in [-0.25, -0.2) is 15.0 Å². The fourth-order valence-electron chi connectivity index (χ4n) is 5.78. The lowest BCUT2D eigenvalue weighted by molar-refractivity contribution is 0.510. The van der Waals surface area contributed by atoms with Crippen LogP contribution in [0.2, 0.25) is 5.02 Å². The molecule has 1 saturated carbocycles. The Labute approximate surface area is 199 Å². The number of anilines is 1. The Morgan fingerprint density at radius 2 is 2.09 bits per heavy atom. The van der Waals surface area contributed by atoms with Crippen LogP contribution in [0.15, 0.2) is 35.2 Å². The van der Waals surface area contributed by atoms with Crippen molar-refractivity contribution in [1.29, 1.82) is 0 Å². The summed E-state index contributed by atoms with van der Waals surface area (Å²) in [6, 6.07) is 3.87. The van der Waals surface area contributed by atoms with E-state index in [0.717, 1.165) is 41.1 Å². The molecule has 0 amide bonds. The Kier molecular flexibility index (Phi) is 3.97. The SMILES string of the molecule is Cc1nc([C@]2(CN)[C@@H]3CN(c4cnc5c(-c6ccc7nn(C)cc7c6Cl)n[nH]c5n4)C[C@@H]32)co1. The highest BCUT2D eigenvalue weighted by Crippen LogP contribution is 2.63. The van der Waals surface area contributed by atoms with E-state index in [1.165, 1.54) is 0 Å². The molecule has 2 aliphatic rings. The normalized spacial score (nSPS) is 23.8. The van der Waals surface area contributed by atoms with Gasteiger partial charge in [-0.2, -0.15) is 10.2 Å². The lowest BCUT2D eigenvalue weighted by Gasteiger charge is -2.25. The summed E-state index contributed by atoms with van der Waals surface area (Å²) in [5.74, 6) is 2.37. The number of piperidine rings is 1. The van der Waals surface area contributed by atoms with Gasteiger partial charge in [-0.3, -0.25) is 9.78 Å². The van der Waals surface area contributed by atoms with E-state index in [-0.39, 0.29) is 5.41 Å². The summed E-state index contributed by atoms with van der Waals surface area (Å²) in [7, 11) is 1.87. The summed E-state index contributed by atoms with van der Waals surface area (Å²) in [5, 5.41) is 13.4. The number of nitrogens with two attached hydrogens (primary N) is 1. The summed E-state index contributed by atoms with van der Waals surface area (Å²) < 4.78 is 7.21. The monoisotopic (exact) mass is 475 g/mol. The zero-order valence-corrected chi connectivity index (χ0v) is 19.4. The molecule has 3 N–H and O–H groups in total. The van der Waals surface area contributed by atoms with Crippen molar-refractivity contribution < 1.29 is 4.42 Å². The van der Waals surface area contributed by atoms with Crippen molar-refractivity contribution in [2.45, 2.75) is 12.3 Å². The molecule has 11 heteroatoms. The van der Waals surface area contributed by atoms with E-state index in [9.17, 15) is 0 Å². The van der Waals surface area contributed by atoms with E-state index in [2.05, 4.69) is 25.2 Å². The highest BCUT2D eigenvalue weighted by molar-refractivity contribution is 6.38. The summed E-state index contributed by atoms with van der Waals surface area (Å²) in [5.41, 5.74) is 10.7. The highest BCUT2D eigenvalue weighted by atomic mass is 35.5. The van der Waals surface area contributed by atoms with Gasteiger partial charge in [0.15, 0.2) is 11.5 Å². The fourth-order valence-corrected chi connectivity index (χ4v) is 6.08. The number of oxazole rings is 1. The number of hydrogen-bond donors (Lipinski definition) is 2. The van der Waals surface area contributed by atoms with Gasteiger partial charge in [0, 0.05) is 56.2 Å². The van der Waals surface area contributed by atoms with Crippen molar-refractivity contribution in [1.82, 2.24) is 34.9 Å². The molecule has 3 atom stereocenters. The first-order chi connectivity index (χ1) is 16.5. The zero-order chi connectivity index (χ0) is 23.2. The van der Waals surface area contributed by atoms with Crippen LogP contribution in [-0.2, 0) is 12.5 Å². The lowest BCUT2D eigenvalue weighted by atomic mass is 9.96. The smallest absolute Gasteiger partial charge is 0.191 e. The van der Waals surface area contributed by atoms with Gasteiger partial charge >= 0.3 is 0 Å². The van der Waals surface area contributed by atoms with Gasteiger partial charge in [0.2, 0.25) is 0 Å². The third-order valence-corrected chi connectivity index (χ3v) is 7.95. The minimum absolute atomic E-state index is 0.0887. The number of halogens is 1. The van der Waals surface area contributed by atoms with E-state index < -0.39 is 0 Å². The topological polar surface area (TPSA) is 128 Å². The molecule has 0 unspecified atom stereocenters. The maximum Gasteiger partial charge on any atom is 0.191 e. The van der Waals surface area contributed by atoms with Crippen molar-refractivity contribution in [2.24, 2.45) is 24.6 Å². The van der Waals surface area contributed by atoms with E-state index in [0.29, 0.717) is 46.2 Å². The molecule has 4 aromatic heterocycles. The predicted molar refractivity (Wildman–Crippen MR) is 128 cm³/mol. The quantitative estimate of drug-likeness (QED) is 0.406. The van der Waals surface area contributed by atoms with Gasteiger partial charge in [0.25, 0.3) is 0 Å². The number of nitrogens with one attached hydrogen (secondary N) is 1. The summed E-state index contributed by atoms with van der Waals surface area (Å²) >= 11 is 6.71. The average Bonchev–Trinajstić information content (AvgIpc) is 3.44. The van der Waals surface area contributed by atoms with Gasteiger partial charge in [-0.15, -0.1) is 0 Å². The van der Waals surface area contributed by atoms with Crippen molar-refractivity contribution in [3.63, 3.8) is 0 Å². The molecule has 5 heterocycles. The molecule has 172 valence electrons. The molecule has 10 nitrogen and oxygen atoms in total. The molecule has 1 aliphatic carbocycles. The number of fused-ring (bicyclic) bond motifs is 3. The van der Waals surface area contributed by atoms with Crippen molar-refractivity contribution >= 4 is 39.5 Å². The Hall–Kier alpha value is -3.50. The molecule has 7 rings (SSSR count). The molecule has 1 saturated heterocycles. The molecule has 1 aliphatic heterocycles. The first kappa shape index (κ1) is 19.9. The van der Waals surface area contributed by atoms with Gasteiger partial charge < -0.3 is 15.1 Å². The number of aromatic nitrogens is 7. The Balaban J connectivity index is 1.18. The van der Waals surface area contributed by atoms with E-state index in [1.807, 2.05) is 38.5 Å². The molecule has 34 heavy (non-hydrogen) atoms. The number of hydrogen-bond acceptors (Lipinski definition) is 8. The minimum Gasteiger partial charge on any atom is -0.449 e. The molecule has 0 radical (unpaired) electrons. The third kappa shape index (κ3) is 2.57. The van der Waals surface area contributed by atoms with Crippen LogP contribution in [0.3, 0.4) is 0 Å².